The summed E-state index contributed by atoms with van der Waals surface area (Å²) in [5.41, 5.74) is 5.99. The summed E-state index contributed by atoms with van der Waals surface area (Å²) in [7, 11) is 0. The zero-order valence-corrected chi connectivity index (χ0v) is 10.8. The van der Waals surface area contributed by atoms with Crippen LogP contribution in [0.4, 0.5) is 0 Å². The van der Waals surface area contributed by atoms with Crippen molar-refractivity contribution in [2.24, 2.45) is 11.7 Å². The number of nitrogens with two attached hydrogens (primary N) is 1. The van der Waals surface area contributed by atoms with E-state index < -0.39 is 0 Å². The second kappa shape index (κ2) is 6.02. The molecule has 0 aromatic carbocycles. The van der Waals surface area contributed by atoms with Gasteiger partial charge >= 0.3 is 0 Å². The Balaban J connectivity index is 1.61. The molecule has 0 aromatic heterocycles. The Labute approximate surface area is 101 Å². The normalized spacial score (nSPS) is 33.4. The molecular weight excluding hydrogens is 196 g/mol. The van der Waals surface area contributed by atoms with Gasteiger partial charge < -0.3 is 10.6 Å². The minimum atomic E-state index is 0.459. The Morgan fingerprint density at radius 1 is 1.19 bits per heavy atom. The third-order valence-electron chi connectivity index (χ3n) is 4.59. The highest BCUT2D eigenvalue weighted by molar-refractivity contribution is 4.80. The molecule has 1 aliphatic heterocycles. The van der Waals surface area contributed by atoms with Gasteiger partial charge in [-0.2, -0.15) is 0 Å². The van der Waals surface area contributed by atoms with Gasteiger partial charge in [0.05, 0.1) is 0 Å². The topological polar surface area (TPSA) is 29.3 Å². The zero-order valence-electron chi connectivity index (χ0n) is 10.8. The summed E-state index contributed by atoms with van der Waals surface area (Å²) >= 11 is 0. The molecule has 1 heterocycles. The molecule has 1 saturated carbocycles. The van der Waals surface area contributed by atoms with E-state index in [0.717, 1.165) is 5.92 Å². The second-order valence-corrected chi connectivity index (χ2v) is 5.96. The Hall–Kier alpha value is -0.0800. The standard InChI is InChI=1S/C14H28N2/c1-12-11-14(15)8-10-16(12)9-4-7-13-5-2-3-6-13/h12-14H,2-11,15H2,1H3. The van der Waals surface area contributed by atoms with Crippen LogP contribution in [0.3, 0.4) is 0 Å². The Morgan fingerprint density at radius 2 is 1.94 bits per heavy atom. The van der Waals surface area contributed by atoms with E-state index in [1.54, 1.807) is 0 Å². The molecule has 2 fully saturated rings. The molecule has 2 heteroatoms. The van der Waals surface area contributed by atoms with Gasteiger partial charge in [0, 0.05) is 12.1 Å². The molecule has 0 radical (unpaired) electrons. The first kappa shape index (κ1) is 12.4. The Bertz CT molecular complexity index is 199. The average Bonchev–Trinajstić information content (AvgIpc) is 2.74. The molecule has 94 valence electrons. The van der Waals surface area contributed by atoms with Crippen molar-refractivity contribution in [3.63, 3.8) is 0 Å². The molecule has 2 N–H and O–H groups in total. The fraction of sp³-hybridized carbons (Fsp3) is 1.00. The van der Waals surface area contributed by atoms with Gasteiger partial charge in [0.25, 0.3) is 0 Å². The Morgan fingerprint density at radius 3 is 2.62 bits per heavy atom. The van der Waals surface area contributed by atoms with Gasteiger partial charge in [-0.15, -0.1) is 0 Å². The lowest BCUT2D eigenvalue weighted by Crippen LogP contribution is -2.45. The van der Waals surface area contributed by atoms with Crippen molar-refractivity contribution >= 4 is 0 Å². The van der Waals surface area contributed by atoms with Crippen LogP contribution in [0.15, 0.2) is 0 Å². The minimum absolute atomic E-state index is 0.459. The molecular formula is C14H28N2. The van der Waals surface area contributed by atoms with Crippen LogP contribution in [-0.4, -0.2) is 30.1 Å². The van der Waals surface area contributed by atoms with Crippen LogP contribution < -0.4 is 5.73 Å². The highest BCUT2D eigenvalue weighted by atomic mass is 15.2. The highest BCUT2D eigenvalue weighted by Crippen LogP contribution is 2.28. The lowest BCUT2D eigenvalue weighted by molar-refractivity contribution is 0.143. The maximum Gasteiger partial charge on any atom is 0.00816 e. The van der Waals surface area contributed by atoms with Crippen molar-refractivity contribution in [1.29, 1.82) is 0 Å². The van der Waals surface area contributed by atoms with Gasteiger partial charge in [-0.25, -0.2) is 0 Å². The van der Waals surface area contributed by atoms with E-state index in [0.29, 0.717) is 12.1 Å². The molecule has 2 unspecified atom stereocenters. The second-order valence-electron chi connectivity index (χ2n) is 5.96. The molecule has 1 aliphatic carbocycles. The van der Waals surface area contributed by atoms with E-state index in [2.05, 4.69) is 11.8 Å². The number of hydrogen-bond acceptors (Lipinski definition) is 2. The molecule has 0 bridgehead atoms. The van der Waals surface area contributed by atoms with Crippen LogP contribution >= 0.6 is 0 Å². The Kier molecular flexibility index (Phi) is 4.66. The molecule has 0 amide bonds. The number of nitrogens with zero attached hydrogens (tertiary/aromatic N) is 1. The molecule has 16 heavy (non-hydrogen) atoms. The fourth-order valence-corrected chi connectivity index (χ4v) is 3.47. The SMILES string of the molecule is CC1CC(N)CCN1CCCC1CCCC1. The minimum Gasteiger partial charge on any atom is -0.328 e. The van der Waals surface area contributed by atoms with E-state index >= 15 is 0 Å². The van der Waals surface area contributed by atoms with E-state index in [-0.39, 0.29) is 0 Å². The van der Waals surface area contributed by atoms with Gasteiger partial charge in [-0.05, 0) is 51.6 Å². The lowest BCUT2D eigenvalue weighted by Gasteiger charge is -2.36. The van der Waals surface area contributed by atoms with Crippen molar-refractivity contribution < 1.29 is 0 Å². The van der Waals surface area contributed by atoms with Gasteiger partial charge in [-0.3, -0.25) is 0 Å². The van der Waals surface area contributed by atoms with Crippen molar-refractivity contribution in [2.45, 2.75) is 70.4 Å². The first-order chi connectivity index (χ1) is 7.75. The van der Waals surface area contributed by atoms with E-state index in [4.69, 9.17) is 5.73 Å². The predicted molar refractivity (Wildman–Crippen MR) is 69.4 cm³/mol. The van der Waals surface area contributed by atoms with E-state index in [9.17, 15) is 0 Å². The first-order valence-electron chi connectivity index (χ1n) is 7.25. The summed E-state index contributed by atoms with van der Waals surface area (Å²) in [6, 6.07) is 1.17. The van der Waals surface area contributed by atoms with Crippen LogP contribution in [0.2, 0.25) is 0 Å². The van der Waals surface area contributed by atoms with Crippen LogP contribution in [0, 0.1) is 5.92 Å². The van der Waals surface area contributed by atoms with Crippen LogP contribution in [-0.2, 0) is 0 Å². The third kappa shape index (κ3) is 3.46. The summed E-state index contributed by atoms with van der Waals surface area (Å²) < 4.78 is 0. The number of likely N-dealkylation sites (tertiary alicyclic amines) is 1. The van der Waals surface area contributed by atoms with E-state index in [1.807, 2.05) is 0 Å². The zero-order chi connectivity index (χ0) is 11.4. The van der Waals surface area contributed by atoms with Crippen LogP contribution in [0.1, 0.15) is 58.3 Å². The third-order valence-corrected chi connectivity index (χ3v) is 4.59. The number of rotatable bonds is 4. The monoisotopic (exact) mass is 224 g/mol. The maximum absolute atomic E-state index is 5.99. The molecule has 2 aliphatic rings. The molecule has 1 saturated heterocycles. The van der Waals surface area contributed by atoms with Gasteiger partial charge in [-0.1, -0.05) is 25.7 Å². The number of piperidine rings is 1. The van der Waals surface area contributed by atoms with Crippen molar-refractivity contribution in [2.75, 3.05) is 13.1 Å². The molecule has 0 aromatic rings. The smallest absolute Gasteiger partial charge is 0.00816 e. The summed E-state index contributed by atoms with van der Waals surface area (Å²) in [6.07, 6.45) is 11.2. The predicted octanol–water partition coefficient (Wildman–Crippen LogP) is 2.77. The van der Waals surface area contributed by atoms with Gasteiger partial charge in [0.1, 0.15) is 0 Å². The summed E-state index contributed by atoms with van der Waals surface area (Å²) in [5.74, 6) is 1.06. The van der Waals surface area contributed by atoms with Crippen molar-refractivity contribution in [1.82, 2.24) is 4.90 Å². The van der Waals surface area contributed by atoms with E-state index in [1.165, 1.54) is 64.5 Å². The van der Waals surface area contributed by atoms with Crippen LogP contribution in [0.25, 0.3) is 0 Å². The number of hydrogen-bond donors (Lipinski definition) is 1. The quantitative estimate of drug-likeness (QED) is 0.795. The average molecular weight is 224 g/mol. The largest absolute Gasteiger partial charge is 0.328 e. The summed E-state index contributed by atoms with van der Waals surface area (Å²) in [6.45, 7) is 4.88. The van der Waals surface area contributed by atoms with Gasteiger partial charge in [0.15, 0.2) is 0 Å². The van der Waals surface area contributed by atoms with Crippen molar-refractivity contribution in [3.8, 4) is 0 Å². The molecule has 2 rings (SSSR count). The fourth-order valence-electron chi connectivity index (χ4n) is 3.47. The summed E-state index contributed by atoms with van der Waals surface area (Å²) in [4.78, 5) is 2.65. The molecule has 2 nitrogen and oxygen atoms in total. The molecule has 2 atom stereocenters. The van der Waals surface area contributed by atoms with Gasteiger partial charge in [0.2, 0.25) is 0 Å². The summed E-state index contributed by atoms with van der Waals surface area (Å²) in [5, 5.41) is 0. The maximum atomic E-state index is 5.99. The van der Waals surface area contributed by atoms with Crippen LogP contribution in [0.5, 0.6) is 0 Å². The highest BCUT2D eigenvalue weighted by Gasteiger charge is 2.23. The van der Waals surface area contributed by atoms with Crippen molar-refractivity contribution in [3.05, 3.63) is 0 Å². The first-order valence-corrected chi connectivity index (χ1v) is 7.25. The molecule has 0 spiro atoms. The lowest BCUT2D eigenvalue weighted by atomic mass is 9.97.